The summed E-state index contributed by atoms with van der Waals surface area (Å²) >= 11 is 11.2. The Hall–Kier alpha value is -2.87. The topological polar surface area (TPSA) is 226 Å². The van der Waals surface area contributed by atoms with Crippen LogP contribution >= 0.6 is 58.2 Å². The zero-order chi connectivity index (χ0) is 30.6. The smallest absolute Gasteiger partial charge is 0.353 e. The maximum Gasteiger partial charge on any atom is 0.353 e. The lowest BCUT2D eigenvalue weighted by Gasteiger charge is -2.49. The molecule has 1 fully saturated rings. The van der Waals surface area contributed by atoms with Gasteiger partial charge in [-0.05, 0) is 18.6 Å². The van der Waals surface area contributed by atoms with Gasteiger partial charge in [-0.3, -0.25) is 24.3 Å². The predicted molar refractivity (Wildman–Crippen MR) is 163 cm³/mol. The lowest BCUT2D eigenvalue weighted by Crippen LogP contribution is -2.71. The number of nitrogens with two attached hydrogens (primary N) is 2. The first-order valence-corrected chi connectivity index (χ1v) is 16.3. The molecule has 42 heavy (non-hydrogen) atoms. The van der Waals surface area contributed by atoms with Crippen LogP contribution < -0.4 is 22.1 Å². The van der Waals surface area contributed by atoms with E-state index in [9.17, 15) is 29.5 Å². The minimum Gasteiger partial charge on any atom is -0.477 e. The Labute approximate surface area is 261 Å². The van der Waals surface area contributed by atoms with Gasteiger partial charge < -0.3 is 32.4 Å². The SMILES string of the molecule is C[C@H](N)C(=O)Nc1nc(/C(=N/O)C(=O)N[C@@H]2C(=O)N3C(C(=O)O)=C(Sc4ccncc4CSCCN)CS[C@H]23)c(Cl)s1. The number of oxime groups is 1. The number of hydrogen-bond acceptors (Lipinski definition) is 14. The Bertz CT molecular complexity index is 1470. The van der Waals surface area contributed by atoms with Gasteiger partial charge in [0.15, 0.2) is 10.8 Å². The third kappa shape index (κ3) is 6.85. The molecule has 1 saturated heterocycles. The molecule has 2 aliphatic rings. The number of β-lactam (4-membered cyclic amide) rings is 1. The van der Waals surface area contributed by atoms with Crippen molar-refractivity contribution in [3.05, 3.63) is 44.7 Å². The number of aromatic nitrogens is 2. The van der Waals surface area contributed by atoms with Crippen molar-refractivity contribution in [2.45, 2.75) is 35.0 Å². The van der Waals surface area contributed by atoms with Gasteiger partial charge in [0.05, 0.1) is 6.04 Å². The lowest BCUT2D eigenvalue weighted by molar-refractivity contribution is -0.150. The molecule has 3 amide bonds. The maximum absolute atomic E-state index is 13.2. The Balaban J connectivity index is 1.49. The van der Waals surface area contributed by atoms with Crippen molar-refractivity contribution in [1.29, 1.82) is 0 Å². The quantitative estimate of drug-likeness (QED) is 0.0616. The second-order valence-electron chi connectivity index (χ2n) is 8.73. The fourth-order valence-corrected chi connectivity index (χ4v) is 8.29. The number of rotatable bonds is 12. The van der Waals surface area contributed by atoms with Crippen molar-refractivity contribution in [3.8, 4) is 0 Å². The molecule has 19 heteroatoms. The van der Waals surface area contributed by atoms with Gasteiger partial charge in [0, 0.05) is 46.0 Å². The molecule has 3 atom stereocenters. The summed E-state index contributed by atoms with van der Waals surface area (Å²) in [5, 5.41) is 26.8. The highest BCUT2D eigenvalue weighted by atomic mass is 35.5. The van der Waals surface area contributed by atoms with Crippen LogP contribution in [0, 0.1) is 0 Å². The summed E-state index contributed by atoms with van der Waals surface area (Å²) < 4.78 is -0.0544. The van der Waals surface area contributed by atoms with Gasteiger partial charge in [0.1, 0.15) is 27.1 Å². The van der Waals surface area contributed by atoms with E-state index in [4.69, 9.17) is 23.1 Å². The fraction of sp³-hybridized carbons (Fsp3) is 0.348. The van der Waals surface area contributed by atoms with E-state index < -0.39 is 46.9 Å². The summed E-state index contributed by atoms with van der Waals surface area (Å²) in [5.74, 6) is -1.75. The molecule has 2 aromatic heterocycles. The number of carboxylic acids is 1. The molecule has 4 heterocycles. The monoisotopic (exact) mass is 672 g/mol. The molecular formula is C23H25ClN8O6S4. The summed E-state index contributed by atoms with van der Waals surface area (Å²) in [5.41, 5.74) is 11.1. The molecule has 8 N–H and O–H groups in total. The number of aliphatic carboxylic acids is 1. The number of anilines is 1. The van der Waals surface area contributed by atoms with E-state index >= 15 is 0 Å². The Kier molecular flexibility index (Phi) is 10.7. The Morgan fingerprint density at radius 3 is 2.81 bits per heavy atom. The molecule has 224 valence electrons. The van der Waals surface area contributed by atoms with Crippen LogP contribution in [-0.4, -0.2) is 90.1 Å². The molecule has 0 bridgehead atoms. The van der Waals surface area contributed by atoms with Crippen molar-refractivity contribution in [3.63, 3.8) is 0 Å². The molecule has 4 rings (SSSR count). The first-order valence-electron chi connectivity index (χ1n) is 12.1. The van der Waals surface area contributed by atoms with Crippen molar-refractivity contribution in [2.75, 3.05) is 23.4 Å². The minimum absolute atomic E-state index is 0.0246. The van der Waals surface area contributed by atoms with Gasteiger partial charge >= 0.3 is 5.97 Å². The molecular weight excluding hydrogens is 648 g/mol. The number of carboxylic acid groups (broad SMARTS) is 1. The van der Waals surface area contributed by atoms with E-state index in [0.29, 0.717) is 17.2 Å². The van der Waals surface area contributed by atoms with Crippen molar-refractivity contribution >= 4 is 92.8 Å². The lowest BCUT2D eigenvalue weighted by atomic mass is 10.0. The number of halogens is 1. The third-order valence-corrected chi connectivity index (χ3v) is 10.7. The van der Waals surface area contributed by atoms with Gasteiger partial charge in [-0.25, -0.2) is 9.78 Å². The van der Waals surface area contributed by atoms with Crippen molar-refractivity contribution in [1.82, 2.24) is 20.2 Å². The van der Waals surface area contributed by atoms with E-state index in [1.165, 1.54) is 30.4 Å². The number of nitrogens with zero attached hydrogens (tertiary/aromatic N) is 4. The van der Waals surface area contributed by atoms with Crippen LogP contribution in [0.1, 0.15) is 18.2 Å². The van der Waals surface area contributed by atoms with E-state index in [1.54, 1.807) is 30.2 Å². The molecule has 0 saturated carbocycles. The number of amides is 3. The number of nitrogens with one attached hydrogen (secondary N) is 2. The third-order valence-electron chi connectivity index (χ3n) is 5.80. The van der Waals surface area contributed by atoms with Crippen LogP contribution in [0.25, 0.3) is 0 Å². The van der Waals surface area contributed by atoms with E-state index in [-0.39, 0.29) is 26.6 Å². The molecule has 0 radical (unpaired) electrons. The number of hydrogen-bond donors (Lipinski definition) is 6. The summed E-state index contributed by atoms with van der Waals surface area (Å²) in [6, 6.07) is -0.138. The molecule has 0 spiro atoms. The van der Waals surface area contributed by atoms with Crippen LogP contribution in [-0.2, 0) is 24.9 Å². The van der Waals surface area contributed by atoms with Gasteiger partial charge in [0.25, 0.3) is 11.8 Å². The van der Waals surface area contributed by atoms with Crippen LogP contribution in [0.5, 0.6) is 0 Å². The van der Waals surface area contributed by atoms with Gasteiger partial charge in [0.2, 0.25) is 5.91 Å². The fourth-order valence-electron chi connectivity index (χ4n) is 3.82. The van der Waals surface area contributed by atoms with Gasteiger partial charge in [-0.1, -0.05) is 39.9 Å². The largest absolute Gasteiger partial charge is 0.477 e. The van der Waals surface area contributed by atoms with Gasteiger partial charge in [-0.15, -0.1) is 11.8 Å². The second kappa shape index (κ2) is 14.1. The standard InChI is InChI=1S/C23H25ClN8O6S4/c1-9(26)18(33)30-23-29-13(17(24)42-23)14(31-38)19(34)28-15-20(35)32-16(22(36)37)12(8-40-21(15)32)41-11-2-4-27-6-10(11)7-39-5-3-25/h2,4,6,9,15,21,38H,3,5,7-8,25-26H2,1H3,(H,28,34)(H,36,37)(H,29,30,33)/b31-14-/t9-,15+,21+/m0/s1. The molecule has 2 aromatic rings. The van der Waals surface area contributed by atoms with E-state index in [1.807, 2.05) is 0 Å². The predicted octanol–water partition coefficient (Wildman–Crippen LogP) is 1.34. The van der Waals surface area contributed by atoms with E-state index in [0.717, 1.165) is 32.4 Å². The first-order chi connectivity index (χ1) is 20.1. The normalized spacial score (nSPS) is 19.2. The van der Waals surface area contributed by atoms with E-state index in [2.05, 4.69) is 25.8 Å². The van der Waals surface area contributed by atoms with Gasteiger partial charge in [-0.2, -0.15) is 11.8 Å². The summed E-state index contributed by atoms with van der Waals surface area (Å²) in [6.45, 7) is 2.00. The Morgan fingerprint density at radius 2 is 2.14 bits per heavy atom. The average Bonchev–Trinajstić information content (AvgIpc) is 3.31. The number of fused-ring (bicyclic) bond motifs is 1. The molecule has 2 aliphatic heterocycles. The molecule has 0 aliphatic carbocycles. The zero-order valence-corrected chi connectivity index (χ0v) is 25.8. The summed E-state index contributed by atoms with van der Waals surface area (Å²) in [4.78, 5) is 61.0. The Morgan fingerprint density at radius 1 is 1.38 bits per heavy atom. The summed E-state index contributed by atoms with van der Waals surface area (Å²) in [7, 11) is 0. The highest BCUT2D eigenvalue weighted by Gasteiger charge is 2.54. The number of carbonyl (C=O) groups is 4. The number of pyridine rings is 1. The van der Waals surface area contributed by atoms with Crippen molar-refractivity contribution in [2.24, 2.45) is 16.6 Å². The zero-order valence-electron chi connectivity index (χ0n) is 21.8. The van der Waals surface area contributed by atoms with Crippen LogP contribution in [0.4, 0.5) is 5.13 Å². The number of thiazole rings is 1. The average molecular weight is 673 g/mol. The second-order valence-corrected chi connectivity index (χ2v) is 13.7. The van der Waals surface area contributed by atoms with Crippen molar-refractivity contribution < 1.29 is 29.5 Å². The summed E-state index contributed by atoms with van der Waals surface area (Å²) in [6.07, 6.45) is 3.33. The minimum atomic E-state index is -1.28. The number of thioether (sulfide) groups is 3. The van der Waals surface area contributed by atoms with Crippen LogP contribution in [0.2, 0.25) is 4.34 Å². The maximum atomic E-state index is 13.2. The van der Waals surface area contributed by atoms with Crippen LogP contribution in [0.3, 0.4) is 0 Å². The highest BCUT2D eigenvalue weighted by molar-refractivity contribution is 8.06. The molecule has 14 nitrogen and oxygen atoms in total. The molecule has 0 unspecified atom stereocenters. The first kappa shape index (κ1) is 32.1. The highest BCUT2D eigenvalue weighted by Crippen LogP contribution is 2.46. The number of carbonyl (C=O) groups excluding carboxylic acids is 3. The molecule has 0 aromatic carbocycles. The van der Waals surface area contributed by atoms with Crippen LogP contribution in [0.15, 0.2) is 39.1 Å².